The molecule has 9 heteroatoms. The average Bonchev–Trinajstić information content (AvgIpc) is 3.51. The lowest BCUT2D eigenvalue weighted by molar-refractivity contribution is -0.144. The van der Waals surface area contributed by atoms with Crippen molar-refractivity contribution >= 4 is 45.8 Å². The number of nitrogens with one attached hydrogen (secondary N) is 1. The molecule has 3 aliphatic rings. The smallest absolute Gasteiger partial charge is 0.234 e. The first-order valence-electron chi connectivity index (χ1n) is 10.4. The number of amides is 3. The highest BCUT2D eigenvalue weighted by atomic mass is 35.5. The summed E-state index contributed by atoms with van der Waals surface area (Å²) in [5.74, 6) is -1.12. The van der Waals surface area contributed by atoms with E-state index < -0.39 is 6.04 Å². The van der Waals surface area contributed by atoms with Gasteiger partial charge in [-0.2, -0.15) is 0 Å². The lowest BCUT2D eigenvalue weighted by Crippen LogP contribution is -2.38. The Labute approximate surface area is 188 Å². The third-order valence-electron chi connectivity index (χ3n) is 6.44. The number of aromatic nitrogens is 2. The van der Waals surface area contributed by atoms with Crippen LogP contribution in [0.15, 0.2) is 36.4 Å². The van der Waals surface area contributed by atoms with Crippen LogP contribution in [0.5, 0.6) is 0 Å². The molecule has 2 fully saturated rings. The third-order valence-corrected chi connectivity index (χ3v) is 7.66. The summed E-state index contributed by atoms with van der Waals surface area (Å²) in [4.78, 5) is 40.9. The number of nitrogens with zero attached hydrogens (tertiary/aromatic N) is 3. The molecule has 7 nitrogen and oxygen atoms in total. The van der Waals surface area contributed by atoms with Crippen LogP contribution in [0.4, 0.5) is 5.13 Å². The first-order chi connectivity index (χ1) is 15.0. The second-order valence-electron chi connectivity index (χ2n) is 8.22. The number of imide groups is 1. The van der Waals surface area contributed by atoms with E-state index in [9.17, 15) is 14.4 Å². The number of anilines is 1. The normalized spacial score (nSPS) is 27.1. The molecule has 1 aliphatic heterocycles. The average molecular weight is 457 g/mol. The molecule has 0 spiro atoms. The van der Waals surface area contributed by atoms with Gasteiger partial charge in [-0.15, -0.1) is 10.2 Å². The second kappa shape index (κ2) is 7.84. The Morgan fingerprint density at radius 3 is 2.55 bits per heavy atom. The number of carbonyl (C=O) groups is 3. The Morgan fingerprint density at radius 1 is 1.23 bits per heavy atom. The van der Waals surface area contributed by atoms with Gasteiger partial charge in [0.15, 0.2) is 0 Å². The Kier molecular flexibility index (Phi) is 5.14. The Bertz CT molecular complexity index is 1070. The number of benzene rings is 1. The molecule has 1 saturated carbocycles. The van der Waals surface area contributed by atoms with Crippen molar-refractivity contribution in [2.45, 2.75) is 32.2 Å². The van der Waals surface area contributed by atoms with E-state index in [2.05, 4.69) is 27.7 Å². The Balaban J connectivity index is 1.43. The van der Waals surface area contributed by atoms with E-state index in [0.717, 1.165) is 17.8 Å². The maximum atomic E-state index is 13.4. The highest BCUT2D eigenvalue weighted by molar-refractivity contribution is 7.15. The fourth-order valence-corrected chi connectivity index (χ4v) is 5.99. The van der Waals surface area contributed by atoms with Gasteiger partial charge >= 0.3 is 0 Å². The Hall–Kier alpha value is -2.58. The van der Waals surface area contributed by atoms with Crippen LogP contribution in [0.1, 0.15) is 36.4 Å². The molecule has 1 saturated heterocycles. The largest absolute Gasteiger partial charge is 0.300 e. The fraction of sp³-hybridized carbons (Fsp3) is 0.409. The minimum Gasteiger partial charge on any atom is -0.300 e. The molecule has 2 bridgehead atoms. The summed E-state index contributed by atoms with van der Waals surface area (Å²) in [6.45, 7) is 1.96. The highest BCUT2D eigenvalue weighted by Gasteiger charge is 2.60. The molecule has 2 heterocycles. The molecule has 1 aromatic heterocycles. The van der Waals surface area contributed by atoms with Gasteiger partial charge in [0.1, 0.15) is 5.01 Å². The first-order valence-corrected chi connectivity index (χ1v) is 11.6. The molecule has 31 heavy (non-hydrogen) atoms. The summed E-state index contributed by atoms with van der Waals surface area (Å²) in [5.41, 5.74) is 0.663. The summed E-state index contributed by atoms with van der Waals surface area (Å²) in [6.07, 6.45) is 5.64. The maximum absolute atomic E-state index is 13.4. The molecular weight excluding hydrogens is 436 g/mol. The number of allylic oxidation sites excluding steroid dienone is 2. The molecule has 1 N–H and O–H groups in total. The number of hydrogen-bond acceptors (Lipinski definition) is 6. The van der Waals surface area contributed by atoms with E-state index in [0.29, 0.717) is 15.7 Å². The SMILES string of the molecule is CCc1nnc(NC(=O)CC(c2cccc(Cl)c2)N2C(=O)C3C4C=CC(C4)C3C2=O)s1. The predicted molar refractivity (Wildman–Crippen MR) is 116 cm³/mol. The zero-order valence-corrected chi connectivity index (χ0v) is 18.4. The number of fused-ring (bicyclic) bond motifs is 5. The van der Waals surface area contributed by atoms with Gasteiger partial charge in [0, 0.05) is 5.02 Å². The van der Waals surface area contributed by atoms with Crippen LogP contribution in [-0.2, 0) is 20.8 Å². The van der Waals surface area contributed by atoms with Crippen molar-refractivity contribution in [3.63, 3.8) is 0 Å². The lowest BCUT2D eigenvalue weighted by Gasteiger charge is -2.28. The summed E-state index contributed by atoms with van der Waals surface area (Å²) in [5, 5.41) is 12.5. The fourth-order valence-electron chi connectivity index (χ4n) is 5.10. The summed E-state index contributed by atoms with van der Waals surface area (Å²) in [7, 11) is 0. The molecule has 0 radical (unpaired) electrons. The van der Waals surface area contributed by atoms with Crippen molar-refractivity contribution < 1.29 is 14.4 Å². The maximum Gasteiger partial charge on any atom is 0.234 e. The number of hydrogen-bond donors (Lipinski definition) is 1. The van der Waals surface area contributed by atoms with Crippen molar-refractivity contribution in [3.8, 4) is 0 Å². The number of carbonyl (C=O) groups excluding carboxylic acids is 3. The van der Waals surface area contributed by atoms with Crippen LogP contribution < -0.4 is 5.32 Å². The van der Waals surface area contributed by atoms with Crippen LogP contribution in [0, 0.1) is 23.7 Å². The molecular formula is C22H21ClN4O3S. The zero-order valence-electron chi connectivity index (χ0n) is 16.8. The van der Waals surface area contributed by atoms with Gasteiger partial charge in [0.05, 0.1) is 24.3 Å². The molecule has 5 rings (SSSR count). The van der Waals surface area contributed by atoms with E-state index in [1.165, 1.54) is 16.2 Å². The van der Waals surface area contributed by atoms with Gasteiger partial charge in [-0.05, 0) is 42.4 Å². The van der Waals surface area contributed by atoms with E-state index in [-0.39, 0.29) is 47.8 Å². The van der Waals surface area contributed by atoms with Crippen molar-refractivity contribution in [2.24, 2.45) is 23.7 Å². The molecule has 2 aromatic rings. The molecule has 1 aromatic carbocycles. The van der Waals surface area contributed by atoms with Crippen molar-refractivity contribution in [2.75, 3.05) is 5.32 Å². The quantitative estimate of drug-likeness (QED) is 0.529. The van der Waals surface area contributed by atoms with Gasteiger partial charge in [0.2, 0.25) is 22.9 Å². The molecule has 3 amide bonds. The standard InChI is InChI=1S/C22H21ClN4O3S/c1-2-17-25-26-22(31-17)24-16(28)10-15(11-4-3-5-14(23)9-11)27-20(29)18-12-6-7-13(8-12)19(18)21(27)30/h3-7,9,12-13,15,18-19H,2,8,10H2,1H3,(H,24,26,28). The van der Waals surface area contributed by atoms with Crippen LogP contribution in [0.2, 0.25) is 5.02 Å². The van der Waals surface area contributed by atoms with Crippen molar-refractivity contribution in [1.29, 1.82) is 0 Å². The van der Waals surface area contributed by atoms with E-state index >= 15 is 0 Å². The zero-order chi connectivity index (χ0) is 21.7. The number of rotatable bonds is 6. The third kappa shape index (κ3) is 3.47. The van der Waals surface area contributed by atoms with E-state index in [1.54, 1.807) is 24.3 Å². The van der Waals surface area contributed by atoms with Crippen LogP contribution in [0.25, 0.3) is 0 Å². The van der Waals surface area contributed by atoms with Crippen LogP contribution in [-0.4, -0.2) is 32.8 Å². The minimum atomic E-state index is -0.720. The van der Waals surface area contributed by atoms with Gasteiger partial charge in [-0.1, -0.05) is 54.1 Å². The van der Waals surface area contributed by atoms with Gasteiger partial charge in [-0.3, -0.25) is 19.3 Å². The first kappa shape index (κ1) is 20.3. The summed E-state index contributed by atoms with van der Waals surface area (Å²) >= 11 is 7.50. The van der Waals surface area contributed by atoms with Gasteiger partial charge in [0.25, 0.3) is 0 Å². The van der Waals surface area contributed by atoms with E-state index in [4.69, 9.17) is 11.6 Å². The monoisotopic (exact) mass is 456 g/mol. The van der Waals surface area contributed by atoms with E-state index in [1.807, 2.05) is 6.92 Å². The molecule has 2 aliphatic carbocycles. The number of aryl methyl sites for hydroxylation is 1. The number of likely N-dealkylation sites (tertiary alicyclic amines) is 1. The summed E-state index contributed by atoms with van der Waals surface area (Å²) in [6, 6.07) is 6.27. The molecule has 5 unspecified atom stereocenters. The summed E-state index contributed by atoms with van der Waals surface area (Å²) < 4.78 is 0. The highest BCUT2D eigenvalue weighted by Crippen LogP contribution is 2.54. The van der Waals surface area contributed by atoms with Crippen LogP contribution >= 0.6 is 22.9 Å². The topological polar surface area (TPSA) is 92.3 Å². The second-order valence-corrected chi connectivity index (χ2v) is 9.72. The van der Waals surface area contributed by atoms with Gasteiger partial charge in [-0.25, -0.2) is 0 Å². The lowest BCUT2D eigenvalue weighted by atomic mass is 9.85. The predicted octanol–water partition coefficient (Wildman–Crippen LogP) is 3.63. The van der Waals surface area contributed by atoms with Crippen molar-refractivity contribution in [3.05, 3.63) is 52.0 Å². The minimum absolute atomic E-state index is 0.0684. The molecule has 160 valence electrons. The number of halogens is 1. The Morgan fingerprint density at radius 2 is 1.94 bits per heavy atom. The van der Waals surface area contributed by atoms with Crippen molar-refractivity contribution in [1.82, 2.24) is 15.1 Å². The van der Waals surface area contributed by atoms with Gasteiger partial charge < -0.3 is 5.32 Å². The molecule has 5 atom stereocenters. The van der Waals surface area contributed by atoms with Crippen LogP contribution in [0.3, 0.4) is 0 Å².